The molecule has 1 saturated heterocycles. The van der Waals surface area contributed by atoms with Crippen molar-refractivity contribution in [3.8, 4) is 11.5 Å². The first-order valence-corrected chi connectivity index (χ1v) is 10.2. The Bertz CT molecular complexity index is 1010. The van der Waals surface area contributed by atoms with Gasteiger partial charge in [-0.1, -0.05) is 35.9 Å². The van der Waals surface area contributed by atoms with Crippen molar-refractivity contribution in [2.45, 2.75) is 51.0 Å². The van der Waals surface area contributed by atoms with Crippen molar-refractivity contribution >= 4 is 16.7 Å². The Hall–Kier alpha value is -2.69. The number of rotatable bonds is 6. The van der Waals surface area contributed by atoms with Gasteiger partial charge < -0.3 is 39.7 Å². The highest BCUT2D eigenvalue weighted by molar-refractivity contribution is 6.06. The van der Waals surface area contributed by atoms with Crippen LogP contribution in [0.3, 0.4) is 0 Å². The molecular weight excluding hydrogens is 420 g/mol. The zero-order valence-electron chi connectivity index (χ0n) is 18.1. The van der Waals surface area contributed by atoms with Crippen molar-refractivity contribution in [2.24, 2.45) is 0 Å². The molecule has 2 aromatic rings. The number of aromatic hydroxyl groups is 1. The van der Waals surface area contributed by atoms with Gasteiger partial charge in [-0.15, -0.1) is 0 Å². The summed E-state index contributed by atoms with van der Waals surface area (Å²) >= 11 is 0. The number of fused-ring (bicyclic) bond motifs is 1. The molecule has 9 nitrogen and oxygen atoms in total. The maximum atomic E-state index is 12.8. The van der Waals surface area contributed by atoms with Crippen LogP contribution in [0, 0.1) is 0 Å². The third kappa shape index (κ3) is 4.43. The molecule has 1 aliphatic heterocycles. The van der Waals surface area contributed by atoms with Gasteiger partial charge in [0.15, 0.2) is 0 Å². The summed E-state index contributed by atoms with van der Waals surface area (Å²) in [5.74, 6) is -0.908. The number of phenols is 1. The fourth-order valence-corrected chi connectivity index (χ4v) is 3.67. The number of hydrogen-bond donors (Lipinski definition) is 5. The summed E-state index contributed by atoms with van der Waals surface area (Å²) < 4.78 is 16.3. The lowest BCUT2D eigenvalue weighted by molar-refractivity contribution is -0.277. The lowest BCUT2D eigenvalue weighted by Crippen LogP contribution is -2.60. The van der Waals surface area contributed by atoms with Crippen LogP contribution in [-0.2, 0) is 15.9 Å². The molecule has 9 heteroatoms. The SMILES string of the molecule is COC(=O)c1c(CC=C(C)C)c(O)c2ccccc2c1O[C@@H]1O[C@H](CO)[C@@H](O)[C@H](O)[C@H]1O. The van der Waals surface area contributed by atoms with E-state index in [4.69, 9.17) is 14.2 Å². The molecule has 1 fully saturated rings. The third-order valence-electron chi connectivity index (χ3n) is 5.43. The van der Waals surface area contributed by atoms with Crippen LogP contribution >= 0.6 is 0 Å². The monoisotopic (exact) mass is 448 g/mol. The number of aliphatic hydroxyl groups is 4. The smallest absolute Gasteiger partial charge is 0.342 e. The molecule has 32 heavy (non-hydrogen) atoms. The van der Waals surface area contributed by atoms with E-state index < -0.39 is 43.3 Å². The van der Waals surface area contributed by atoms with E-state index in [-0.39, 0.29) is 29.0 Å². The number of hydrogen-bond acceptors (Lipinski definition) is 9. The Morgan fingerprint density at radius 1 is 1.09 bits per heavy atom. The highest BCUT2D eigenvalue weighted by atomic mass is 16.7. The van der Waals surface area contributed by atoms with Crippen molar-refractivity contribution in [1.82, 2.24) is 0 Å². The average molecular weight is 448 g/mol. The van der Waals surface area contributed by atoms with Crippen molar-refractivity contribution in [3.63, 3.8) is 0 Å². The molecule has 5 atom stereocenters. The molecule has 0 bridgehead atoms. The van der Waals surface area contributed by atoms with Gasteiger partial charge in [0.05, 0.1) is 13.7 Å². The Balaban J connectivity index is 2.21. The minimum absolute atomic E-state index is 0.0215. The minimum atomic E-state index is -1.67. The predicted octanol–water partition coefficient (Wildman–Crippen LogP) is 1.02. The largest absolute Gasteiger partial charge is 0.507 e. The van der Waals surface area contributed by atoms with E-state index >= 15 is 0 Å². The molecule has 174 valence electrons. The summed E-state index contributed by atoms with van der Waals surface area (Å²) in [5, 5.41) is 51.7. The molecular formula is C23H28O9. The van der Waals surface area contributed by atoms with Gasteiger partial charge in [0.25, 0.3) is 0 Å². The van der Waals surface area contributed by atoms with Crippen LogP contribution < -0.4 is 4.74 Å². The van der Waals surface area contributed by atoms with Crippen molar-refractivity contribution in [2.75, 3.05) is 13.7 Å². The van der Waals surface area contributed by atoms with E-state index in [2.05, 4.69) is 0 Å². The van der Waals surface area contributed by atoms with Crippen LogP contribution in [0.2, 0.25) is 0 Å². The molecule has 2 aromatic carbocycles. The maximum absolute atomic E-state index is 12.8. The van der Waals surface area contributed by atoms with Crippen LogP contribution in [0.15, 0.2) is 35.9 Å². The second-order valence-electron chi connectivity index (χ2n) is 7.87. The van der Waals surface area contributed by atoms with E-state index in [1.165, 1.54) is 7.11 Å². The van der Waals surface area contributed by atoms with E-state index in [1.54, 1.807) is 24.3 Å². The van der Waals surface area contributed by atoms with E-state index in [0.29, 0.717) is 10.8 Å². The molecule has 3 rings (SSSR count). The van der Waals surface area contributed by atoms with Crippen LogP contribution in [0.4, 0.5) is 0 Å². The minimum Gasteiger partial charge on any atom is -0.507 e. The molecule has 0 aliphatic carbocycles. The molecule has 0 saturated carbocycles. The quantitative estimate of drug-likeness (QED) is 0.323. The van der Waals surface area contributed by atoms with Crippen LogP contribution in [0.5, 0.6) is 11.5 Å². The number of esters is 1. The Morgan fingerprint density at radius 2 is 1.75 bits per heavy atom. The molecule has 0 aromatic heterocycles. The Morgan fingerprint density at radius 3 is 2.34 bits per heavy atom. The number of phenolic OH excluding ortho intramolecular Hbond substituents is 1. The topological polar surface area (TPSA) is 146 Å². The molecule has 1 aliphatic rings. The summed E-state index contributed by atoms with van der Waals surface area (Å²) in [6, 6.07) is 6.66. The maximum Gasteiger partial charge on any atom is 0.342 e. The number of aliphatic hydroxyl groups excluding tert-OH is 4. The fraction of sp³-hybridized carbons (Fsp3) is 0.435. The summed E-state index contributed by atoms with van der Waals surface area (Å²) in [6.07, 6.45) is -5.55. The van der Waals surface area contributed by atoms with E-state index in [1.807, 2.05) is 19.9 Å². The zero-order chi connectivity index (χ0) is 23.6. The fourth-order valence-electron chi connectivity index (χ4n) is 3.67. The van der Waals surface area contributed by atoms with Gasteiger partial charge in [-0.05, 0) is 20.3 Å². The van der Waals surface area contributed by atoms with Gasteiger partial charge in [0, 0.05) is 16.3 Å². The summed E-state index contributed by atoms with van der Waals surface area (Å²) in [6.45, 7) is 3.12. The molecule has 1 heterocycles. The molecule has 0 radical (unpaired) electrons. The number of benzene rings is 2. The highest BCUT2D eigenvalue weighted by Crippen LogP contribution is 2.42. The van der Waals surface area contributed by atoms with Crippen LogP contribution in [0.25, 0.3) is 10.8 Å². The average Bonchev–Trinajstić information content (AvgIpc) is 2.79. The van der Waals surface area contributed by atoms with Gasteiger partial charge >= 0.3 is 5.97 Å². The highest BCUT2D eigenvalue weighted by Gasteiger charge is 2.45. The molecule has 0 amide bonds. The number of carbonyl (C=O) groups excluding carboxylic acids is 1. The normalized spacial score (nSPS) is 25.4. The number of ether oxygens (including phenoxy) is 3. The molecule has 0 spiro atoms. The summed E-state index contributed by atoms with van der Waals surface area (Å²) in [7, 11) is 1.19. The third-order valence-corrected chi connectivity index (χ3v) is 5.43. The first-order valence-electron chi connectivity index (χ1n) is 10.2. The van der Waals surface area contributed by atoms with Gasteiger partial charge in [-0.3, -0.25) is 0 Å². The van der Waals surface area contributed by atoms with Gasteiger partial charge in [0.1, 0.15) is 41.5 Å². The Labute approximate surface area is 185 Å². The Kier molecular flexibility index (Phi) is 7.37. The standard InChI is InChI=1S/C23H28O9/c1-11(2)8-9-14-16(22(29)30-3)21(13-7-5-4-6-12(13)17(14)25)32-23-20(28)19(27)18(26)15(10-24)31-23/h4-8,15,18-20,23-28H,9-10H2,1-3H3/t15-,18-,19+,20-,23+/m1/s1. The van der Waals surface area contributed by atoms with E-state index in [9.17, 15) is 30.3 Å². The lowest BCUT2D eigenvalue weighted by atomic mass is 9.94. The lowest BCUT2D eigenvalue weighted by Gasteiger charge is -2.40. The van der Waals surface area contributed by atoms with Crippen molar-refractivity contribution in [3.05, 3.63) is 47.0 Å². The van der Waals surface area contributed by atoms with Gasteiger partial charge in [-0.2, -0.15) is 0 Å². The molecule has 5 N–H and O–H groups in total. The van der Waals surface area contributed by atoms with Crippen molar-refractivity contribution < 1.29 is 44.5 Å². The van der Waals surface area contributed by atoms with Crippen molar-refractivity contribution in [1.29, 1.82) is 0 Å². The van der Waals surface area contributed by atoms with Crippen LogP contribution in [-0.4, -0.2) is 75.9 Å². The first kappa shape index (κ1) is 24.0. The zero-order valence-corrected chi connectivity index (χ0v) is 18.1. The number of allylic oxidation sites excluding steroid dienone is 2. The predicted molar refractivity (Wildman–Crippen MR) is 114 cm³/mol. The second-order valence-corrected chi connectivity index (χ2v) is 7.87. The second kappa shape index (κ2) is 9.85. The van der Waals surface area contributed by atoms with Gasteiger partial charge in [-0.25, -0.2) is 4.79 Å². The first-order chi connectivity index (χ1) is 15.2. The summed E-state index contributed by atoms with van der Waals surface area (Å²) in [5.41, 5.74) is 1.17. The number of methoxy groups -OCH3 is 1. The summed E-state index contributed by atoms with van der Waals surface area (Å²) in [4.78, 5) is 12.8. The number of carbonyl (C=O) groups is 1. The van der Waals surface area contributed by atoms with E-state index in [0.717, 1.165) is 5.57 Å². The van der Waals surface area contributed by atoms with Gasteiger partial charge in [0.2, 0.25) is 6.29 Å². The van der Waals surface area contributed by atoms with Crippen LogP contribution in [0.1, 0.15) is 29.8 Å². The molecule has 0 unspecified atom stereocenters.